The molecule has 1 fully saturated rings. The number of hydrogen-bond acceptors (Lipinski definition) is 5. The van der Waals surface area contributed by atoms with Crippen LogP contribution in [0, 0.1) is 10.1 Å². The smallest absolute Gasteiger partial charge is 0.379 e. The Morgan fingerprint density at radius 3 is 2.43 bits per heavy atom. The second kappa shape index (κ2) is 8.57. The zero-order valence-electron chi connectivity index (χ0n) is 15.0. The largest absolute Gasteiger partial charge is 0.416 e. The average Bonchev–Trinajstić information content (AvgIpc) is 2.68. The van der Waals surface area contributed by atoms with Gasteiger partial charge < -0.3 is 10.1 Å². The van der Waals surface area contributed by atoms with Crippen molar-refractivity contribution in [2.24, 2.45) is 0 Å². The molecule has 150 valence electrons. The fourth-order valence-electron chi connectivity index (χ4n) is 3.13. The molecule has 0 saturated carbocycles. The zero-order valence-corrected chi connectivity index (χ0v) is 15.0. The molecule has 0 spiro atoms. The number of ether oxygens (including phenoxy) is 1. The first-order chi connectivity index (χ1) is 13.3. The van der Waals surface area contributed by atoms with E-state index in [1.807, 2.05) is 30.3 Å². The number of nitro benzene ring substituents is 1. The maximum atomic E-state index is 12.9. The number of nitrogens with one attached hydrogen (secondary N) is 1. The van der Waals surface area contributed by atoms with Crippen molar-refractivity contribution in [2.75, 3.05) is 38.2 Å². The third-order valence-electron chi connectivity index (χ3n) is 4.60. The third-order valence-corrected chi connectivity index (χ3v) is 4.60. The maximum absolute atomic E-state index is 12.9. The van der Waals surface area contributed by atoms with Crippen molar-refractivity contribution in [1.29, 1.82) is 0 Å². The molecule has 1 unspecified atom stereocenters. The van der Waals surface area contributed by atoms with Gasteiger partial charge in [-0.05, 0) is 17.7 Å². The number of anilines is 1. The van der Waals surface area contributed by atoms with Gasteiger partial charge in [-0.15, -0.1) is 0 Å². The molecule has 2 aromatic rings. The van der Waals surface area contributed by atoms with E-state index in [0.717, 1.165) is 30.8 Å². The van der Waals surface area contributed by atoms with Gasteiger partial charge in [-0.25, -0.2) is 0 Å². The Labute approximate surface area is 160 Å². The van der Waals surface area contributed by atoms with Gasteiger partial charge in [-0.2, -0.15) is 13.2 Å². The molecule has 1 N–H and O–H groups in total. The van der Waals surface area contributed by atoms with Crippen molar-refractivity contribution < 1.29 is 22.8 Å². The summed E-state index contributed by atoms with van der Waals surface area (Å²) >= 11 is 0. The predicted molar refractivity (Wildman–Crippen MR) is 98.2 cm³/mol. The van der Waals surface area contributed by atoms with Crippen molar-refractivity contribution in [3.63, 3.8) is 0 Å². The van der Waals surface area contributed by atoms with Crippen LogP contribution in [0.5, 0.6) is 0 Å². The highest BCUT2D eigenvalue weighted by atomic mass is 19.4. The summed E-state index contributed by atoms with van der Waals surface area (Å²) in [7, 11) is 0. The summed E-state index contributed by atoms with van der Waals surface area (Å²) in [5.74, 6) is 0. The van der Waals surface area contributed by atoms with Crippen LogP contribution in [0.4, 0.5) is 24.5 Å². The van der Waals surface area contributed by atoms with E-state index in [0.29, 0.717) is 25.8 Å². The van der Waals surface area contributed by atoms with E-state index >= 15 is 0 Å². The summed E-state index contributed by atoms with van der Waals surface area (Å²) in [6, 6.07) is 11.5. The van der Waals surface area contributed by atoms with Gasteiger partial charge in [0.05, 0.1) is 29.7 Å². The van der Waals surface area contributed by atoms with Crippen LogP contribution in [0.15, 0.2) is 48.5 Å². The number of morpholine rings is 1. The van der Waals surface area contributed by atoms with Gasteiger partial charge >= 0.3 is 6.18 Å². The van der Waals surface area contributed by atoms with Crippen molar-refractivity contribution >= 4 is 11.4 Å². The molecule has 1 aliphatic heterocycles. The third kappa shape index (κ3) is 4.99. The van der Waals surface area contributed by atoms with Gasteiger partial charge in [0, 0.05) is 25.7 Å². The lowest BCUT2D eigenvalue weighted by Crippen LogP contribution is -2.40. The average molecular weight is 395 g/mol. The first kappa shape index (κ1) is 20.1. The lowest BCUT2D eigenvalue weighted by atomic mass is 10.0. The van der Waals surface area contributed by atoms with Crippen LogP contribution in [0.25, 0.3) is 0 Å². The van der Waals surface area contributed by atoms with Gasteiger partial charge in [0.2, 0.25) is 0 Å². The molecule has 0 radical (unpaired) electrons. The molecule has 3 rings (SSSR count). The number of halogens is 3. The highest BCUT2D eigenvalue weighted by molar-refractivity contribution is 5.64. The van der Waals surface area contributed by atoms with Crippen molar-refractivity contribution in [3.8, 4) is 0 Å². The Morgan fingerprint density at radius 2 is 1.82 bits per heavy atom. The molecular formula is C19H20F3N3O3. The fraction of sp³-hybridized carbons (Fsp3) is 0.368. The summed E-state index contributed by atoms with van der Waals surface area (Å²) < 4.78 is 44.2. The Kier molecular flexibility index (Phi) is 6.15. The SMILES string of the molecule is O=[N+]([O-])c1cc(C(F)(F)F)ccc1NC(CN1CCOCC1)c1ccccc1. The molecule has 2 aromatic carbocycles. The molecular weight excluding hydrogens is 375 g/mol. The van der Waals surface area contributed by atoms with Crippen molar-refractivity contribution in [3.05, 3.63) is 69.8 Å². The fourth-order valence-corrected chi connectivity index (χ4v) is 3.13. The summed E-state index contributed by atoms with van der Waals surface area (Å²) in [6.45, 7) is 3.19. The van der Waals surface area contributed by atoms with E-state index in [4.69, 9.17) is 4.74 Å². The lowest BCUT2D eigenvalue weighted by Gasteiger charge is -2.31. The molecule has 9 heteroatoms. The number of benzene rings is 2. The molecule has 1 saturated heterocycles. The first-order valence-corrected chi connectivity index (χ1v) is 8.82. The highest BCUT2D eigenvalue weighted by Gasteiger charge is 2.33. The highest BCUT2D eigenvalue weighted by Crippen LogP contribution is 2.36. The van der Waals surface area contributed by atoms with Crippen molar-refractivity contribution in [1.82, 2.24) is 4.90 Å². The first-order valence-electron chi connectivity index (χ1n) is 8.82. The number of nitrogens with zero attached hydrogens (tertiary/aromatic N) is 2. The van der Waals surface area contributed by atoms with E-state index in [1.54, 1.807) is 0 Å². The van der Waals surface area contributed by atoms with Crippen LogP contribution < -0.4 is 5.32 Å². The summed E-state index contributed by atoms with van der Waals surface area (Å²) in [6.07, 6.45) is -4.64. The van der Waals surface area contributed by atoms with Gasteiger partial charge in [0.1, 0.15) is 5.69 Å². The Hall–Kier alpha value is -2.65. The maximum Gasteiger partial charge on any atom is 0.416 e. The zero-order chi connectivity index (χ0) is 20.1. The number of nitro groups is 1. The second-order valence-electron chi connectivity index (χ2n) is 6.51. The summed E-state index contributed by atoms with van der Waals surface area (Å²) in [5, 5.41) is 14.5. The standard InChI is InChI=1S/C19H20F3N3O3/c20-19(21,22)15-6-7-16(18(12-15)25(26)27)23-17(14-4-2-1-3-5-14)13-24-8-10-28-11-9-24/h1-7,12,17,23H,8-11,13H2. The summed E-state index contributed by atoms with van der Waals surface area (Å²) in [5.41, 5.74) is -0.699. The molecule has 1 atom stereocenters. The Bertz CT molecular complexity index is 809. The molecule has 28 heavy (non-hydrogen) atoms. The number of alkyl halides is 3. The lowest BCUT2D eigenvalue weighted by molar-refractivity contribution is -0.384. The normalized spacial score (nSPS) is 16.5. The molecule has 0 aromatic heterocycles. The monoisotopic (exact) mass is 395 g/mol. The topological polar surface area (TPSA) is 67.6 Å². The second-order valence-corrected chi connectivity index (χ2v) is 6.51. The van der Waals surface area contributed by atoms with Crippen LogP contribution in [-0.2, 0) is 10.9 Å². The van der Waals surface area contributed by atoms with Crippen LogP contribution >= 0.6 is 0 Å². The molecule has 1 aliphatic rings. The van der Waals surface area contributed by atoms with E-state index in [1.165, 1.54) is 0 Å². The minimum atomic E-state index is -4.64. The Morgan fingerprint density at radius 1 is 1.14 bits per heavy atom. The number of hydrogen-bond donors (Lipinski definition) is 1. The molecule has 6 nitrogen and oxygen atoms in total. The van der Waals surface area contributed by atoms with E-state index in [9.17, 15) is 23.3 Å². The van der Waals surface area contributed by atoms with Crippen molar-refractivity contribution in [2.45, 2.75) is 12.2 Å². The van der Waals surface area contributed by atoms with Gasteiger partial charge in [-0.1, -0.05) is 30.3 Å². The van der Waals surface area contributed by atoms with Crippen LogP contribution in [0.3, 0.4) is 0 Å². The quantitative estimate of drug-likeness (QED) is 0.589. The molecule has 0 aliphatic carbocycles. The molecule has 0 amide bonds. The molecule has 0 bridgehead atoms. The van der Waals surface area contributed by atoms with Gasteiger partial charge in [0.15, 0.2) is 0 Å². The van der Waals surface area contributed by atoms with Gasteiger partial charge in [-0.3, -0.25) is 15.0 Å². The predicted octanol–water partition coefficient (Wildman–Crippen LogP) is 4.10. The van der Waals surface area contributed by atoms with Crippen LogP contribution in [0.2, 0.25) is 0 Å². The molecule has 1 heterocycles. The summed E-state index contributed by atoms with van der Waals surface area (Å²) in [4.78, 5) is 12.7. The number of rotatable bonds is 6. The van der Waals surface area contributed by atoms with E-state index in [-0.39, 0.29) is 11.7 Å². The van der Waals surface area contributed by atoms with E-state index < -0.39 is 22.4 Å². The van der Waals surface area contributed by atoms with Gasteiger partial charge in [0.25, 0.3) is 5.69 Å². The van der Waals surface area contributed by atoms with Crippen LogP contribution in [0.1, 0.15) is 17.2 Å². The Balaban J connectivity index is 1.90. The van der Waals surface area contributed by atoms with Crippen LogP contribution in [-0.4, -0.2) is 42.7 Å². The minimum Gasteiger partial charge on any atom is -0.379 e. The minimum absolute atomic E-state index is 0.0557. The van der Waals surface area contributed by atoms with E-state index in [2.05, 4.69) is 10.2 Å².